The van der Waals surface area contributed by atoms with Crippen LogP contribution in [0.25, 0.3) is 0 Å². The van der Waals surface area contributed by atoms with E-state index in [2.05, 4.69) is 10.3 Å². The lowest BCUT2D eigenvalue weighted by atomic mass is 10.3. The van der Waals surface area contributed by atoms with Gasteiger partial charge in [0.1, 0.15) is 16.7 Å². The lowest BCUT2D eigenvalue weighted by molar-refractivity contribution is 0.549. The van der Waals surface area contributed by atoms with Crippen LogP contribution in [0.1, 0.15) is 0 Å². The maximum absolute atomic E-state index is 13.2. The predicted molar refractivity (Wildman–Crippen MR) is 56.7 cm³/mol. The summed E-state index contributed by atoms with van der Waals surface area (Å²) in [6.45, 7) is 0. The van der Waals surface area contributed by atoms with Crippen molar-refractivity contribution in [1.82, 2.24) is 4.98 Å². The van der Waals surface area contributed by atoms with Crippen LogP contribution in [0.2, 0.25) is 5.15 Å². The van der Waals surface area contributed by atoms with Crippen LogP contribution in [-0.4, -0.2) is 4.98 Å². The van der Waals surface area contributed by atoms with Gasteiger partial charge in [0.05, 0.1) is 0 Å². The van der Waals surface area contributed by atoms with Crippen LogP contribution in [0.3, 0.4) is 0 Å². The highest BCUT2D eigenvalue weighted by molar-refractivity contribution is 7.14. The van der Waals surface area contributed by atoms with Crippen molar-refractivity contribution in [3.8, 4) is 0 Å². The minimum atomic E-state index is -1.02. The Morgan fingerprint density at radius 2 is 1.81 bits per heavy atom. The molecule has 0 unspecified atom stereocenters. The topological polar surface area (TPSA) is 24.9 Å². The fraction of sp³-hybridized carbons (Fsp3) is 0. The molecular weight excluding hydrogens is 261 g/mol. The van der Waals surface area contributed by atoms with Crippen LogP contribution in [0.15, 0.2) is 17.5 Å². The van der Waals surface area contributed by atoms with Gasteiger partial charge in [0.25, 0.3) is 0 Å². The summed E-state index contributed by atoms with van der Waals surface area (Å²) in [7, 11) is 0. The number of aromatic nitrogens is 1. The molecule has 0 bridgehead atoms. The highest BCUT2D eigenvalue weighted by Gasteiger charge is 2.12. The Labute approximate surface area is 97.7 Å². The van der Waals surface area contributed by atoms with E-state index in [-0.39, 0.29) is 10.3 Å². The van der Waals surface area contributed by atoms with Gasteiger partial charge in [-0.2, -0.15) is 0 Å². The minimum Gasteiger partial charge on any atom is -0.327 e. The molecule has 0 aliphatic carbocycles. The van der Waals surface area contributed by atoms with E-state index < -0.39 is 23.1 Å². The molecule has 1 aromatic carbocycles. The quantitative estimate of drug-likeness (QED) is 0.888. The second-order valence-corrected chi connectivity index (χ2v) is 4.09. The molecule has 1 heterocycles. The number of nitrogens with zero attached hydrogens (tertiary/aromatic N) is 1. The van der Waals surface area contributed by atoms with E-state index in [1.54, 1.807) is 0 Å². The van der Waals surface area contributed by atoms with Crippen molar-refractivity contribution in [2.75, 3.05) is 5.32 Å². The largest absolute Gasteiger partial charge is 0.327 e. The zero-order valence-electron chi connectivity index (χ0n) is 7.60. The maximum atomic E-state index is 13.2. The number of thiazole rings is 1. The zero-order chi connectivity index (χ0) is 11.7. The van der Waals surface area contributed by atoms with Gasteiger partial charge in [-0.25, -0.2) is 18.2 Å². The Kier molecular flexibility index (Phi) is 3.02. The number of rotatable bonds is 2. The first-order valence-electron chi connectivity index (χ1n) is 4.09. The highest BCUT2D eigenvalue weighted by atomic mass is 35.5. The first kappa shape index (κ1) is 11.2. The SMILES string of the molecule is Fc1cc(F)c(Nc2nc(Cl)cs2)c(F)c1. The smallest absolute Gasteiger partial charge is 0.188 e. The molecule has 16 heavy (non-hydrogen) atoms. The Morgan fingerprint density at radius 1 is 1.19 bits per heavy atom. The molecule has 2 aromatic rings. The highest BCUT2D eigenvalue weighted by Crippen LogP contribution is 2.27. The zero-order valence-corrected chi connectivity index (χ0v) is 9.17. The number of hydrogen-bond donors (Lipinski definition) is 1. The van der Waals surface area contributed by atoms with E-state index in [1.165, 1.54) is 5.38 Å². The predicted octanol–water partition coefficient (Wildman–Crippen LogP) is 3.96. The summed E-state index contributed by atoms with van der Waals surface area (Å²) < 4.78 is 39.0. The van der Waals surface area contributed by atoms with E-state index in [0.717, 1.165) is 11.3 Å². The molecule has 0 spiro atoms. The van der Waals surface area contributed by atoms with Crippen molar-refractivity contribution in [3.05, 3.63) is 40.1 Å². The van der Waals surface area contributed by atoms with Crippen LogP contribution < -0.4 is 5.32 Å². The van der Waals surface area contributed by atoms with Crippen LogP contribution in [-0.2, 0) is 0 Å². The molecule has 0 saturated heterocycles. The second kappa shape index (κ2) is 4.31. The third-order valence-corrected chi connectivity index (χ3v) is 2.80. The summed E-state index contributed by atoms with van der Waals surface area (Å²) in [4.78, 5) is 3.76. The number of hydrogen-bond acceptors (Lipinski definition) is 3. The van der Waals surface area contributed by atoms with Gasteiger partial charge in [-0.1, -0.05) is 11.6 Å². The van der Waals surface area contributed by atoms with Crippen molar-refractivity contribution in [1.29, 1.82) is 0 Å². The molecule has 0 radical (unpaired) electrons. The van der Waals surface area contributed by atoms with Gasteiger partial charge in [-0.15, -0.1) is 11.3 Å². The van der Waals surface area contributed by atoms with Gasteiger partial charge in [0.15, 0.2) is 16.8 Å². The van der Waals surface area contributed by atoms with Crippen molar-refractivity contribution in [2.45, 2.75) is 0 Å². The van der Waals surface area contributed by atoms with Crippen LogP contribution in [0.4, 0.5) is 24.0 Å². The number of halogens is 4. The van der Waals surface area contributed by atoms with E-state index in [4.69, 9.17) is 11.6 Å². The molecule has 2 rings (SSSR count). The van der Waals surface area contributed by atoms with E-state index in [1.807, 2.05) is 0 Å². The summed E-state index contributed by atoms with van der Waals surface area (Å²) in [6, 6.07) is 1.17. The van der Waals surface area contributed by atoms with Crippen LogP contribution >= 0.6 is 22.9 Å². The van der Waals surface area contributed by atoms with Gasteiger partial charge < -0.3 is 5.32 Å². The molecule has 0 saturated carbocycles. The van der Waals surface area contributed by atoms with E-state index in [0.29, 0.717) is 12.1 Å². The molecule has 0 aliphatic rings. The summed E-state index contributed by atoms with van der Waals surface area (Å²) in [5, 5.41) is 4.35. The van der Waals surface area contributed by atoms with Crippen LogP contribution in [0, 0.1) is 17.5 Å². The Balaban J connectivity index is 2.34. The molecular formula is C9H4ClF3N2S. The lowest BCUT2D eigenvalue weighted by Gasteiger charge is -2.05. The number of anilines is 2. The van der Waals surface area contributed by atoms with Gasteiger partial charge in [0, 0.05) is 17.5 Å². The van der Waals surface area contributed by atoms with Crippen molar-refractivity contribution >= 4 is 33.8 Å². The fourth-order valence-corrected chi connectivity index (χ4v) is 1.92. The molecule has 84 valence electrons. The Bertz CT molecular complexity index is 506. The summed E-state index contributed by atoms with van der Waals surface area (Å²) >= 11 is 6.63. The van der Waals surface area contributed by atoms with E-state index >= 15 is 0 Å². The molecule has 1 aromatic heterocycles. The van der Waals surface area contributed by atoms with E-state index in [9.17, 15) is 13.2 Å². The lowest BCUT2D eigenvalue weighted by Crippen LogP contribution is -1.98. The molecule has 0 atom stereocenters. The van der Waals surface area contributed by atoms with Crippen molar-refractivity contribution in [3.63, 3.8) is 0 Å². The molecule has 1 N–H and O–H groups in total. The standard InChI is InChI=1S/C9H4ClF3N2S/c10-7-3-16-9(14-7)15-8-5(12)1-4(11)2-6(8)13/h1-3H,(H,14,15). The number of nitrogens with one attached hydrogen (secondary N) is 1. The third-order valence-electron chi connectivity index (χ3n) is 1.71. The summed E-state index contributed by atoms with van der Waals surface area (Å²) in [5.74, 6) is -3.02. The van der Waals surface area contributed by atoms with Gasteiger partial charge in [-0.05, 0) is 0 Å². The van der Waals surface area contributed by atoms with Gasteiger partial charge in [-0.3, -0.25) is 0 Å². The summed E-state index contributed by atoms with van der Waals surface area (Å²) in [6.07, 6.45) is 0. The van der Waals surface area contributed by atoms with Crippen molar-refractivity contribution < 1.29 is 13.2 Å². The summed E-state index contributed by atoms with van der Waals surface area (Å²) in [5.41, 5.74) is -0.451. The normalized spacial score (nSPS) is 10.5. The van der Waals surface area contributed by atoms with Gasteiger partial charge in [0.2, 0.25) is 0 Å². The molecule has 0 amide bonds. The average molecular weight is 265 g/mol. The van der Waals surface area contributed by atoms with Crippen LogP contribution in [0.5, 0.6) is 0 Å². The Hall–Kier alpha value is -1.27. The van der Waals surface area contributed by atoms with Crippen molar-refractivity contribution in [2.24, 2.45) is 0 Å². The number of benzene rings is 1. The molecule has 2 nitrogen and oxygen atoms in total. The van der Waals surface area contributed by atoms with Gasteiger partial charge >= 0.3 is 0 Å². The minimum absolute atomic E-state index is 0.218. The third kappa shape index (κ3) is 2.28. The Morgan fingerprint density at radius 3 is 2.31 bits per heavy atom. The first-order chi connectivity index (χ1) is 7.56. The first-order valence-corrected chi connectivity index (χ1v) is 5.34. The molecule has 7 heteroatoms. The molecule has 0 fully saturated rings. The molecule has 0 aliphatic heterocycles. The fourth-order valence-electron chi connectivity index (χ4n) is 1.08. The second-order valence-electron chi connectivity index (χ2n) is 2.84. The maximum Gasteiger partial charge on any atom is 0.188 e. The monoisotopic (exact) mass is 264 g/mol. The average Bonchev–Trinajstić information content (AvgIpc) is 2.58.